The van der Waals surface area contributed by atoms with E-state index < -0.39 is 16.1 Å². The van der Waals surface area contributed by atoms with Gasteiger partial charge in [-0.3, -0.25) is 4.79 Å². The van der Waals surface area contributed by atoms with Crippen LogP contribution in [0.1, 0.15) is 13.8 Å². The van der Waals surface area contributed by atoms with Gasteiger partial charge in [0.1, 0.15) is 6.04 Å². The van der Waals surface area contributed by atoms with E-state index in [1.165, 1.54) is 25.2 Å². The second kappa shape index (κ2) is 6.77. The fraction of sp³-hybridized carbons (Fsp3) is 0.462. The molecule has 1 rings (SSSR count). The molecule has 1 atom stereocenters. The first kappa shape index (κ1) is 17.3. The Morgan fingerprint density at radius 1 is 1.43 bits per heavy atom. The van der Waals surface area contributed by atoms with Crippen LogP contribution < -0.4 is 15.8 Å². The van der Waals surface area contributed by atoms with Gasteiger partial charge < -0.3 is 16.0 Å². The zero-order valence-corrected chi connectivity index (χ0v) is 13.5. The van der Waals surface area contributed by atoms with E-state index >= 15 is 0 Å². The summed E-state index contributed by atoms with van der Waals surface area (Å²) < 4.78 is 25.8. The van der Waals surface area contributed by atoms with Gasteiger partial charge in [-0.05, 0) is 39.1 Å². The van der Waals surface area contributed by atoms with Crippen molar-refractivity contribution in [3.8, 4) is 0 Å². The highest BCUT2D eigenvalue weighted by atomic mass is 32.2. The van der Waals surface area contributed by atoms with Crippen molar-refractivity contribution < 1.29 is 13.2 Å². The van der Waals surface area contributed by atoms with Crippen LogP contribution in [-0.4, -0.2) is 45.9 Å². The maximum atomic E-state index is 12.0. The monoisotopic (exact) mass is 314 g/mol. The van der Waals surface area contributed by atoms with Gasteiger partial charge in [0.25, 0.3) is 0 Å². The van der Waals surface area contributed by atoms with Gasteiger partial charge in [-0.2, -0.15) is 0 Å². The van der Waals surface area contributed by atoms with Crippen LogP contribution in [-0.2, 0) is 14.8 Å². The highest BCUT2D eigenvalue weighted by Crippen LogP contribution is 2.23. The number of hydrogen-bond donors (Lipinski definition) is 3. The number of hydrogen-bond acceptors (Lipinski definition) is 5. The number of sulfonamides is 1. The van der Waals surface area contributed by atoms with E-state index in [2.05, 4.69) is 10.0 Å². The van der Waals surface area contributed by atoms with Crippen molar-refractivity contribution in [3.05, 3.63) is 18.2 Å². The van der Waals surface area contributed by atoms with Gasteiger partial charge in [0.15, 0.2) is 0 Å². The molecule has 0 saturated heterocycles. The molecule has 1 aromatic carbocycles. The molecule has 1 unspecified atom stereocenters. The Morgan fingerprint density at radius 3 is 2.57 bits per heavy atom. The third kappa shape index (κ3) is 4.08. The Morgan fingerprint density at radius 2 is 2.05 bits per heavy atom. The number of carbonyl (C=O) groups is 1. The topological polar surface area (TPSA) is 105 Å². The maximum absolute atomic E-state index is 12.0. The summed E-state index contributed by atoms with van der Waals surface area (Å²) >= 11 is 0. The molecule has 4 N–H and O–H groups in total. The lowest BCUT2D eigenvalue weighted by atomic mass is 10.2. The van der Waals surface area contributed by atoms with Gasteiger partial charge in [0, 0.05) is 13.6 Å². The van der Waals surface area contributed by atoms with Crippen LogP contribution in [0.5, 0.6) is 0 Å². The van der Waals surface area contributed by atoms with Gasteiger partial charge in [-0.15, -0.1) is 0 Å². The standard InChI is InChI=1S/C13H22N4O3S/c1-5-17(4)13(18)9(2)16-12-8-10(6-7-11(12)14)21(19,20)15-3/h6-9,15-16H,5,14H2,1-4H3. The minimum atomic E-state index is -3.56. The van der Waals surface area contributed by atoms with Gasteiger partial charge >= 0.3 is 0 Å². The minimum absolute atomic E-state index is 0.0881. The molecule has 118 valence electrons. The number of likely N-dealkylation sites (N-methyl/N-ethyl adjacent to an activating group) is 1. The molecule has 0 radical (unpaired) electrons. The highest BCUT2D eigenvalue weighted by molar-refractivity contribution is 7.89. The van der Waals surface area contributed by atoms with E-state index in [1.54, 1.807) is 18.9 Å². The number of nitrogens with two attached hydrogens (primary N) is 1. The van der Waals surface area contributed by atoms with Crippen LogP contribution in [0.3, 0.4) is 0 Å². The number of rotatable bonds is 6. The molecule has 0 aliphatic carbocycles. The minimum Gasteiger partial charge on any atom is -0.397 e. The molecule has 0 spiro atoms. The smallest absolute Gasteiger partial charge is 0.244 e. The summed E-state index contributed by atoms with van der Waals surface area (Å²) in [6, 6.07) is 3.81. The Kier molecular flexibility index (Phi) is 5.56. The molecule has 0 aliphatic heterocycles. The first-order valence-corrected chi connectivity index (χ1v) is 8.05. The fourth-order valence-corrected chi connectivity index (χ4v) is 2.48. The molecular weight excluding hydrogens is 292 g/mol. The van der Waals surface area contributed by atoms with Crippen molar-refractivity contribution in [2.24, 2.45) is 0 Å². The fourth-order valence-electron chi connectivity index (χ4n) is 1.73. The molecule has 0 aliphatic rings. The molecule has 0 aromatic heterocycles. The quantitative estimate of drug-likeness (QED) is 0.662. The highest BCUT2D eigenvalue weighted by Gasteiger charge is 2.19. The average molecular weight is 314 g/mol. The summed E-state index contributed by atoms with van der Waals surface area (Å²) in [5, 5.41) is 2.95. The van der Waals surface area contributed by atoms with Crippen molar-refractivity contribution in [3.63, 3.8) is 0 Å². The Labute approximate surface area is 125 Å². The molecule has 7 nitrogen and oxygen atoms in total. The van der Waals surface area contributed by atoms with Crippen LogP contribution in [0.25, 0.3) is 0 Å². The number of carbonyl (C=O) groups excluding carboxylic acids is 1. The number of nitrogens with zero attached hydrogens (tertiary/aromatic N) is 1. The Hall–Kier alpha value is -1.80. The van der Waals surface area contributed by atoms with Crippen LogP contribution in [0, 0.1) is 0 Å². The van der Waals surface area contributed by atoms with Crippen LogP contribution in [0.15, 0.2) is 23.1 Å². The third-order valence-electron chi connectivity index (χ3n) is 3.20. The predicted octanol–water partition coefficient (Wildman–Crippen LogP) is 0.456. The summed E-state index contributed by atoms with van der Waals surface area (Å²) in [4.78, 5) is 13.7. The second-order valence-electron chi connectivity index (χ2n) is 4.68. The van der Waals surface area contributed by atoms with Crippen LogP contribution >= 0.6 is 0 Å². The van der Waals surface area contributed by atoms with Crippen molar-refractivity contribution in [2.75, 3.05) is 31.7 Å². The number of nitrogen functional groups attached to an aromatic ring is 1. The summed E-state index contributed by atoms with van der Waals surface area (Å²) in [5.41, 5.74) is 6.62. The van der Waals surface area contributed by atoms with Gasteiger partial charge in [-0.25, -0.2) is 13.1 Å². The zero-order valence-electron chi connectivity index (χ0n) is 12.7. The van der Waals surface area contributed by atoms with Crippen LogP contribution in [0.4, 0.5) is 11.4 Å². The lowest BCUT2D eigenvalue weighted by molar-refractivity contribution is -0.130. The van der Waals surface area contributed by atoms with Crippen molar-refractivity contribution in [1.29, 1.82) is 0 Å². The molecule has 1 aromatic rings. The summed E-state index contributed by atoms with van der Waals surface area (Å²) in [7, 11) is -0.521. The lowest BCUT2D eigenvalue weighted by Gasteiger charge is -2.22. The van der Waals surface area contributed by atoms with E-state index in [-0.39, 0.29) is 10.8 Å². The first-order chi connectivity index (χ1) is 9.72. The Balaban J connectivity index is 3.04. The molecule has 0 fully saturated rings. The zero-order chi connectivity index (χ0) is 16.2. The number of benzene rings is 1. The summed E-state index contributed by atoms with van der Waals surface area (Å²) in [6.07, 6.45) is 0. The van der Waals surface area contributed by atoms with Crippen molar-refractivity contribution in [1.82, 2.24) is 9.62 Å². The van der Waals surface area contributed by atoms with Crippen LogP contribution in [0.2, 0.25) is 0 Å². The number of nitrogens with one attached hydrogen (secondary N) is 2. The molecule has 21 heavy (non-hydrogen) atoms. The molecule has 0 heterocycles. The van der Waals surface area contributed by atoms with E-state index in [9.17, 15) is 13.2 Å². The van der Waals surface area contributed by atoms with Gasteiger partial charge in [-0.1, -0.05) is 0 Å². The lowest BCUT2D eigenvalue weighted by Crippen LogP contribution is -2.39. The second-order valence-corrected chi connectivity index (χ2v) is 6.56. The number of amides is 1. The molecule has 8 heteroatoms. The molecule has 0 saturated carbocycles. The predicted molar refractivity (Wildman–Crippen MR) is 83.5 cm³/mol. The largest absolute Gasteiger partial charge is 0.397 e. The SMILES string of the molecule is CCN(C)C(=O)C(C)Nc1cc(S(=O)(=O)NC)ccc1N. The summed E-state index contributed by atoms with van der Waals surface area (Å²) in [5.74, 6) is -0.0984. The van der Waals surface area contributed by atoms with Crippen molar-refractivity contribution >= 4 is 27.3 Å². The first-order valence-electron chi connectivity index (χ1n) is 6.57. The summed E-state index contributed by atoms with van der Waals surface area (Å²) in [6.45, 7) is 4.17. The third-order valence-corrected chi connectivity index (χ3v) is 4.61. The van der Waals surface area contributed by atoms with Gasteiger partial charge in [0.2, 0.25) is 15.9 Å². The molecule has 0 bridgehead atoms. The van der Waals surface area contributed by atoms with E-state index in [0.717, 1.165) is 0 Å². The Bertz CT molecular complexity index is 616. The van der Waals surface area contributed by atoms with E-state index in [4.69, 9.17) is 5.73 Å². The molecule has 1 amide bonds. The van der Waals surface area contributed by atoms with Crippen molar-refractivity contribution in [2.45, 2.75) is 24.8 Å². The maximum Gasteiger partial charge on any atom is 0.244 e. The van der Waals surface area contributed by atoms with E-state index in [0.29, 0.717) is 17.9 Å². The average Bonchev–Trinajstić information content (AvgIpc) is 2.47. The number of anilines is 2. The normalized spacial score (nSPS) is 12.8. The van der Waals surface area contributed by atoms with E-state index in [1.807, 2.05) is 6.92 Å². The van der Waals surface area contributed by atoms with Gasteiger partial charge in [0.05, 0.1) is 16.3 Å². The molecular formula is C13H22N4O3S.